The lowest BCUT2D eigenvalue weighted by Crippen LogP contribution is -2.00. The molecule has 7 heteroatoms. The summed E-state index contributed by atoms with van der Waals surface area (Å²) in [5, 5.41) is 19.7. The van der Waals surface area contributed by atoms with Crippen LogP contribution < -0.4 is 5.63 Å². The highest BCUT2D eigenvalue weighted by molar-refractivity contribution is 7.98. The van der Waals surface area contributed by atoms with Gasteiger partial charge in [-0.1, -0.05) is 42.1 Å². The maximum absolute atomic E-state index is 11.8. The molecule has 0 aliphatic rings. The number of phenols is 1. The van der Waals surface area contributed by atoms with E-state index in [1.165, 1.54) is 23.9 Å². The van der Waals surface area contributed by atoms with Crippen molar-refractivity contribution in [1.82, 2.24) is 14.8 Å². The SMILES string of the molecule is Cn1c(SCc2cc(=O)oc3cc(O)ccc23)nnc1-c1ccccc1. The summed E-state index contributed by atoms with van der Waals surface area (Å²) in [6.07, 6.45) is 0. The first-order chi connectivity index (χ1) is 12.6. The highest BCUT2D eigenvalue weighted by atomic mass is 32.2. The van der Waals surface area contributed by atoms with Crippen LogP contribution in [0.2, 0.25) is 0 Å². The Morgan fingerprint density at radius 1 is 1.12 bits per heavy atom. The first kappa shape index (κ1) is 16.4. The van der Waals surface area contributed by atoms with E-state index in [1.807, 2.05) is 41.9 Å². The first-order valence-electron chi connectivity index (χ1n) is 7.95. The molecule has 2 aromatic carbocycles. The molecule has 4 rings (SSSR count). The van der Waals surface area contributed by atoms with Crippen LogP contribution in [0.1, 0.15) is 5.56 Å². The molecule has 0 saturated heterocycles. The number of hydrogen-bond donors (Lipinski definition) is 1. The Labute approximate surface area is 153 Å². The van der Waals surface area contributed by atoms with Gasteiger partial charge in [0.25, 0.3) is 0 Å². The minimum atomic E-state index is -0.443. The molecule has 2 aromatic heterocycles. The van der Waals surface area contributed by atoms with Crippen LogP contribution in [-0.4, -0.2) is 19.9 Å². The average Bonchev–Trinajstić information content (AvgIpc) is 3.00. The highest BCUT2D eigenvalue weighted by Crippen LogP contribution is 2.28. The van der Waals surface area contributed by atoms with Gasteiger partial charge in [0.2, 0.25) is 0 Å². The van der Waals surface area contributed by atoms with Gasteiger partial charge < -0.3 is 14.1 Å². The number of hydrogen-bond acceptors (Lipinski definition) is 6. The fraction of sp³-hybridized carbons (Fsp3) is 0.105. The molecule has 4 aromatic rings. The van der Waals surface area contributed by atoms with Crippen LogP contribution in [0.3, 0.4) is 0 Å². The van der Waals surface area contributed by atoms with Gasteiger partial charge in [-0.25, -0.2) is 4.79 Å². The fourth-order valence-corrected chi connectivity index (χ4v) is 3.66. The lowest BCUT2D eigenvalue weighted by molar-refractivity contribution is 0.473. The lowest BCUT2D eigenvalue weighted by Gasteiger charge is -2.06. The Hall–Kier alpha value is -3.06. The molecule has 0 aliphatic carbocycles. The topological polar surface area (TPSA) is 81.2 Å². The molecule has 0 unspecified atom stereocenters. The van der Waals surface area contributed by atoms with E-state index in [1.54, 1.807) is 12.1 Å². The van der Waals surface area contributed by atoms with Crippen molar-refractivity contribution >= 4 is 22.7 Å². The summed E-state index contributed by atoms with van der Waals surface area (Å²) in [5.41, 5.74) is 1.75. The number of aromatic hydroxyl groups is 1. The molecule has 0 aliphatic heterocycles. The van der Waals surface area contributed by atoms with Gasteiger partial charge >= 0.3 is 5.63 Å². The zero-order valence-electron chi connectivity index (χ0n) is 13.9. The standard InChI is InChI=1S/C19H15N3O3S/c1-22-18(12-5-3-2-4-6-12)20-21-19(22)26-11-13-9-17(24)25-16-10-14(23)7-8-15(13)16/h2-10,23H,11H2,1H3. The van der Waals surface area contributed by atoms with Crippen molar-refractivity contribution in [3.63, 3.8) is 0 Å². The van der Waals surface area contributed by atoms with Crippen molar-refractivity contribution < 1.29 is 9.52 Å². The Bertz CT molecular complexity index is 1140. The predicted molar refractivity (Wildman–Crippen MR) is 100 cm³/mol. The highest BCUT2D eigenvalue weighted by Gasteiger charge is 2.13. The molecule has 0 fully saturated rings. The first-order valence-corrected chi connectivity index (χ1v) is 8.94. The van der Waals surface area contributed by atoms with E-state index in [9.17, 15) is 9.90 Å². The van der Waals surface area contributed by atoms with Crippen LogP contribution in [0.15, 0.2) is 69.0 Å². The molecule has 0 spiro atoms. The summed E-state index contributed by atoms with van der Waals surface area (Å²) in [6, 6.07) is 16.1. The second kappa shape index (κ2) is 6.68. The van der Waals surface area contributed by atoms with Crippen LogP contribution >= 0.6 is 11.8 Å². The van der Waals surface area contributed by atoms with Gasteiger partial charge in [0.05, 0.1) is 0 Å². The summed E-state index contributed by atoms with van der Waals surface area (Å²) >= 11 is 1.49. The molecule has 6 nitrogen and oxygen atoms in total. The van der Waals surface area contributed by atoms with Crippen molar-refractivity contribution in [3.8, 4) is 17.1 Å². The Morgan fingerprint density at radius 3 is 2.73 bits per heavy atom. The van der Waals surface area contributed by atoms with Crippen molar-refractivity contribution in [1.29, 1.82) is 0 Å². The molecule has 2 heterocycles. The number of rotatable bonds is 4. The smallest absolute Gasteiger partial charge is 0.336 e. The quantitative estimate of drug-likeness (QED) is 0.440. The van der Waals surface area contributed by atoms with Gasteiger partial charge in [-0.05, 0) is 17.7 Å². The molecule has 1 N–H and O–H groups in total. The van der Waals surface area contributed by atoms with Gasteiger partial charge in [0.15, 0.2) is 11.0 Å². The largest absolute Gasteiger partial charge is 0.508 e. The molecule has 0 amide bonds. The Morgan fingerprint density at radius 2 is 1.92 bits per heavy atom. The van der Waals surface area contributed by atoms with Crippen molar-refractivity contribution in [2.45, 2.75) is 10.9 Å². The number of thioether (sulfide) groups is 1. The third-order valence-corrected chi connectivity index (χ3v) is 5.11. The maximum Gasteiger partial charge on any atom is 0.336 e. The minimum absolute atomic E-state index is 0.0613. The summed E-state index contributed by atoms with van der Waals surface area (Å²) in [5.74, 6) is 1.38. The third kappa shape index (κ3) is 3.09. The Kier molecular flexibility index (Phi) is 4.22. The Balaban J connectivity index is 1.64. The van der Waals surface area contributed by atoms with Crippen LogP contribution in [0.5, 0.6) is 5.75 Å². The summed E-state index contributed by atoms with van der Waals surface area (Å²) in [4.78, 5) is 11.8. The molecule has 130 valence electrons. The fourth-order valence-electron chi connectivity index (χ4n) is 2.76. The van der Waals surface area contributed by atoms with Gasteiger partial charge in [0.1, 0.15) is 11.3 Å². The van der Waals surface area contributed by atoms with E-state index in [0.717, 1.165) is 27.5 Å². The minimum Gasteiger partial charge on any atom is -0.508 e. The molecule has 0 radical (unpaired) electrons. The second-order valence-electron chi connectivity index (χ2n) is 5.79. The number of fused-ring (bicyclic) bond motifs is 1. The van der Waals surface area contributed by atoms with Crippen molar-refractivity contribution in [2.24, 2.45) is 7.05 Å². The number of nitrogens with zero attached hydrogens (tertiary/aromatic N) is 3. The van der Waals surface area contributed by atoms with E-state index < -0.39 is 5.63 Å². The van der Waals surface area contributed by atoms with Crippen molar-refractivity contribution in [2.75, 3.05) is 0 Å². The lowest BCUT2D eigenvalue weighted by atomic mass is 10.1. The molecular weight excluding hydrogens is 350 g/mol. The van der Waals surface area contributed by atoms with E-state index >= 15 is 0 Å². The van der Waals surface area contributed by atoms with E-state index in [4.69, 9.17) is 4.42 Å². The van der Waals surface area contributed by atoms with E-state index in [2.05, 4.69) is 10.2 Å². The normalized spacial score (nSPS) is 11.1. The summed E-state index contributed by atoms with van der Waals surface area (Å²) in [6.45, 7) is 0. The zero-order chi connectivity index (χ0) is 18.1. The van der Waals surface area contributed by atoms with Gasteiger partial charge in [0, 0.05) is 35.9 Å². The van der Waals surface area contributed by atoms with Crippen LogP contribution in [-0.2, 0) is 12.8 Å². The van der Waals surface area contributed by atoms with Crippen LogP contribution in [0.4, 0.5) is 0 Å². The molecule has 0 bridgehead atoms. The van der Waals surface area contributed by atoms with E-state index in [-0.39, 0.29) is 5.75 Å². The average molecular weight is 365 g/mol. The van der Waals surface area contributed by atoms with Crippen molar-refractivity contribution in [3.05, 3.63) is 70.6 Å². The van der Waals surface area contributed by atoms with Crippen LogP contribution in [0, 0.1) is 0 Å². The zero-order valence-corrected chi connectivity index (χ0v) is 14.7. The second-order valence-corrected chi connectivity index (χ2v) is 6.73. The van der Waals surface area contributed by atoms with Gasteiger partial charge in [-0.2, -0.15) is 0 Å². The van der Waals surface area contributed by atoms with E-state index in [0.29, 0.717) is 11.3 Å². The predicted octanol–water partition coefficient (Wildman–Crippen LogP) is 3.59. The van der Waals surface area contributed by atoms with Gasteiger partial charge in [-0.15, -0.1) is 10.2 Å². The molecular formula is C19H15N3O3S. The van der Waals surface area contributed by atoms with Gasteiger partial charge in [-0.3, -0.25) is 0 Å². The number of aromatic nitrogens is 3. The summed E-state index contributed by atoms with van der Waals surface area (Å²) in [7, 11) is 1.92. The third-order valence-electron chi connectivity index (χ3n) is 4.04. The molecule has 0 saturated carbocycles. The van der Waals surface area contributed by atoms with Crippen LogP contribution in [0.25, 0.3) is 22.4 Å². The number of benzene rings is 2. The molecule has 26 heavy (non-hydrogen) atoms. The number of phenolic OH excluding ortho intramolecular Hbond substituents is 1. The maximum atomic E-state index is 11.8. The monoisotopic (exact) mass is 365 g/mol. The summed E-state index contributed by atoms with van der Waals surface area (Å²) < 4.78 is 7.09. The molecule has 0 atom stereocenters.